The van der Waals surface area contributed by atoms with Crippen LogP contribution in [0.3, 0.4) is 0 Å². The molecule has 0 saturated carbocycles. The number of hydrogen-bond donors (Lipinski definition) is 1. The predicted molar refractivity (Wildman–Crippen MR) is 84.8 cm³/mol. The van der Waals surface area contributed by atoms with Gasteiger partial charge >= 0.3 is 0 Å². The Balaban J connectivity index is 2.06. The Morgan fingerprint density at radius 3 is 3.05 bits per heavy atom. The summed E-state index contributed by atoms with van der Waals surface area (Å²) in [6.07, 6.45) is 3.37. The quantitative estimate of drug-likeness (QED) is 0.823. The average molecular weight is 302 g/mol. The molecule has 4 nitrogen and oxygen atoms in total. The first-order valence-corrected chi connectivity index (χ1v) is 7.27. The molecule has 3 rings (SSSR count). The van der Waals surface area contributed by atoms with Crippen molar-refractivity contribution in [1.29, 1.82) is 0 Å². The molecule has 2 N–H and O–H groups in total. The van der Waals surface area contributed by atoms with Gasteiger partial charge < -0.3 is 10.6 Å². The van der Waals surface area contributed by atoms with E-state index in [4.69, 9.17) is 17.3 Å². The molecule has 108 valence electrons. The van der Waals surface area contributed by atoms with E-state index in [9.17, 15) is 4.79 Å². The van der Waals surface area contributed by atoms with Crippen molar-refractivity contribution in [3.8, 4) is 0 Å². The van der Waals surface area contributed by atoms with Crippen LogP contribution in [0.2, 0.25) is 5.15 Å². The number of halogens is 1. The minimum atomic E-state index is -0.118. The van der Waals surface area contributed by atoms with Crippen LogP contribution in [-0.4, -0.2) is 17.4 Å². The number of pyridine rings is 1. The fourth-order valence-corrected chi connectivity index (χ4v) is 2.98. The number of anilines is 2. The van der Waals surface area contributed by atoms with Gasteiger partial charge in [0.15, 0.2) is 0 Å². The Labute approximate surface area is 128 Å². The lowest BCUT2D eigenvalue weighted by molar-refractivity contribution is 0.0985. The molecule has 1 aromatic heterocycles. The van der Waals surface area contributed by atoms with Gasteiger partial charge in [-0.25, -0.2) is 4.98 Å². The molecule has 5 heteroatoms. The Bertz CT molecular complexity index is 715. The van der Waals surface area contributed by atoms with Gasteiger partial charge in [0.1, 0.15) is 5.15 Å². The predicted octanol–water partition coefficient (Wildman–Crippen LogP) is 3.22. The van der Waals surface area contributed by atoms with Crippen LogP contribution in [0.25, 0.3) is 0 Å². The second-order valence-electron chi connectivity index (χ2n) is 5.24. The second kappa shape index (κ2) is 5.37. The highest BCUT2D eigenvalue weighted by Gasteiger charge is 2.26. The van der Waals surface area contributed by atoms with E-state index in [1.54, 1.807) is 4.90 Å². The smallest absolute Gasteiger partial charge is 0.260 e. The number of nitrogen functional groups attached to an aromatic ring is 1. The van der Waals surface area contributed by atoms with E-state index >= 15 is 0 Å². The number of rotatable bonds is 1. The molecule has 1 aliphatic heterocycles. The summed E-state index contributed by atoms with van der Waals surface area (Å²) in [6.45, 7) is 2.71. The molecule has 2 heterocycles. The Morgan fingerprint density at radius 1 is 1.43 bits per heavy atom. The van der Waals surface area contributed by atoms with Crippen molar-refractivity contribution in [2.24, 2.45) is 0 Å². The van der Waals surface area contributed by atoms with Gasteiger partial charge in [0.2, 0.25) is 0 Å². The summed E-state index contributed by atoms with van der Waals surface area (Å²) in [5.74, 6) is -0.118. The lowest BCUT2D eigenvalue weighted by Gasteiger charge is -2.31. The van der Waals surface area contributed by atoms with Crippen molar-refractivity contribution in [2.45, 2.75) is 19.8 Å². The van der Waals surface area contributed by atoms with Crippen LogP contribution in [-0.2, 0) is 6.42 Å². The van der Waals surface area contributed by atoms with E-state index in [2.05, 4.69) is 11.1 Å². The molecule has 0 bridgehead atoms. The molecule has 0 unspecified atom stereocenters. The summed E-state index contributed by atoms with van der Waals surface area (Å²) in [4.78, 5) is 18.5. The third-order valence-electron chi connectivity index (χ3n) is 3.80. The molecule has 21 heavy (non-hydrogen) atoms. The third-order valence-corrected chi connectivity index (χ3v) is 4.00. The Kier molecular flexibility index (Phi) is 3.55. The maximum Gasteiger partial charge on any atom is 0.260 e. The minimum absolute atomic E-state index is 0.118. The molecular formula is C16H16ClN3O. The number of benzene rings is 1. The summed E-state index contributed by atoms with van der Waals surface area (Å²) >= 11 is 5.89. The van der Waals surface area contributed by atoms with Crippen molar-refractivity contribution in [1.82, 2.24) is 4.98 Å². The molecule has 0 spiro atoms. The third kappa shape index (κ3) is 2.47. The van der Waals surface area contributed by atoms with Gasteiger partial charge in [-0.05, 0) is 37.0 Å². The number of fused-ring (bicyclic) bond motifs is 1. The summed E-state index contributed by atoms with van der Waals surface area (Å²) in [5, 5.41) is 0.273. The molecule has 1 amide bonds. The zero-order valence-corrected chi connectivity index (χ0v) is 12.5. The van der Waals surface area contributed by atoms with E-state index in [1.165, 1.54) is 17.8 Å². The normalized spacial score (nSPS) is 13.9. The highest BCUT2D eigenvalue weighted by Crippen LogP contribution is 2.32. The number of amides is 1. The first-order valence-electron chi connectivity index (χ1n) is 6.89. The van der Waals surface area contributed by atoms with Gasteiger partial charge in [0, 0.05) is 6.54 Å². The molecule has 0 saturated heterocycles. The van der Waals surface area contributed by atoms with E-state index < -0.39 is 0 Å². The van der Waals surface area contributed by atoms with Gasteiger partial charge in [-0.1, -0.05) is 29.8 Å². The number of carbonyl (C=O) groups is 1. The lowest BCUT2D eigenvalue weighted by atomic mass is 9.97. The number of para-hydroxylation sites is 1. The van der Waals surface area contributed by atoms with Gasteiger partial charge in [-0.2, -0.15) is 0 Å². The summed E-state index contributed by atoms with van der Waals surface area (Å²) in [6, 6.07) is 7.66. The Morgan fingerprint density at radius 2 is 2.24 bits per heavy atom. The zero-order chi connectivity index (χ0) is 15.0. The molecule has 0 atom stereocenters. The van der Waals surface area contributed by atoms with Crippen LogP contribution in [0.5, 0.6) is 0 Å². The fourth-order valence-electron chi connectivity index (χ4n) is 2.82. The Hall–Kier alpha value is -2.07. The highest BCUT2D eigenvalue weighted by molar-refractivity contribution is 6.30. The van der Waals surface area contributed by atoms with Crippen LogP contribution in [0, 0.1) is 6.92 Å². The number of carbonyl (C=O) groups excluding carboxylic acids is 1. The van der Waals surface area contributed by atoms with E-state index in [-0.39, 0.29) is 11.1 Å². The molecule has 2 aromatic rings. The zero-order valence-electron chi connectivity index (χ0n) is 11.8. The van der Waals surface area contributed by atoms with Gasteiger partial charge in [0.05, 0.1) is 23.1 Å². The van der Waals surface area contributed by atoms with Gasteiger partial charge in [0.25, 0.3) is 5.91 Å². The first-order chi connectivity index (χ1) is 10.1. The van der Waals surface area contributed by atoms with Crippen molar-refractivity contribution in [2.75, 3.05) is 17.2 Å². The second-order valence-corrected chi connectivity index (χ2v) is 5.62. The molecule has 0 radical (unpaired) electrons. The maximum atomic E-state index is 12.8. The number of aryl methyl sites for hydroxylation is 2. The number of nitrogens with zero attached hydrogens (tertiary/aromatic N) is 2. The van der Waals surface area contributed by atoms with Crippen LogP contribution >= 0.6 is 11.6 Å². The van der Waals surface area contributed by atoms with Crippen LogP contribution < -0.4 is 10.6 Å². The topological polar surface area (TPSA) is 59.2 Å². The molecular weight excluding hydrogens is 286 g/mol. The van der Waals surface area contributed by atoms with Gasteiger partial charge in [-0.3, -0.25) is 4.79 Å². The first kappa shape index (κ1) is 13.9. The monoisotopic (exact) mass is 301 g/mol. The maximum absolute atomic E-state index is 12.8. The summed E-state index contributed by atoms with van der Waals surface area (Å²) < 4.78 is 0. The number of hydrogen-bond acceptors (Lipinski definition) is 3. The van der Waals surface area contributed by atoms with E-state index in [0.717, 1.165) is 24.1 Å². The van der Waals surface area contributed by atoms with E-state index in [1.807, 2.05) is 19.1 Å². The standard InChI is InChI=1S/C16H16ClN3O/c1-10-4-2-5-11-6-3-7-20(15(10)11)16(21)12-8-14(17)19-9-13(12)18/h2,4-5,8-9H,3,6-7,18H2,1H3. The van der Waals surface area contributed by atoms with Crippen LogP contribution in [0.4, 0.5) is 11.4 Å². The average Bonchev–Trinajstić information content (AvgIpc) is 2.49. The highest BCUT2D eigenvalue weighted by atomic mass is 35.5. The largest absolute Gasteiger partial charge is 0.397 e. The van der Waals surface area contributed by atoms with Crippen molar-refractivity contribution in [3.63, 3.8) is 0 Å². The van der Waals surface area contributed by atoms with Crippen molar-refractivity contribution in [3.05, 3.63) is 52.3 Å². The SMILES string of the molecule is Cc1cccc2c1N(C(=O)c1cc(Cl)ncc1N)CCC2. The number of aromatic nitrogens is 1. The molecule has 0 aliphatic carbocycles. The van der Waals surface area contributed by atoms with Crippen LogP contribution in [0.1, 0.15) is 27.9 Å². The number of nitrogens with two attached hydrogens (primary N) is 1. The van der Waals surface area contributed by atoms with Crippen molar-refractivity contribution >= 4 is 28.9 Å². The van der Waals surface area contributed by atoms with E-state index in [0.29, 0.717) is 17.8 Å². The minimum Gasteiger partial charge on any atom is -0.397 e. The summed E-state index contributed by atoms with van der Waals surface area (Å²) in [7, 11) is 0. The van der Waals surface area contributed by atoms with Gasteiger partial charge in [-0.15, -0.1) is 0 Å². The van der Waals surface area contributed by atoms with Crippen molar-refractivity contribution < 1.29 is 4.79 Å². The fraction of sp³-hybridized carbons (Fsp3) is 0.250. The molecule has 1 aromatic carbocycles. The summed E-state index contributed by atoms with van der Waals surface area (Å²) in [5.41, 5.74) is 9.95. The molecule has 1 aliphatic rings. The molecule has 0 fully saturated rings. The van der Waals surface area contributed by atoms with Crippen LogP contribution in [0.15, 0.2) is 30.5 Å². The lowest BCUT2D eigenvalue weighted by Crippen LogP contribution is -2.36.